The molecule has 26 heavy (non-hydrogen) atoms. The van der Waals surface area contributed by atoms with Crippen LogP contribution in [0.2, 0.25) is 0 Å². The molecule has 126 valence electrons. The van der Waals surface area contributed by atoms with E-state index in [1.54, 1.807) is 0 Å². The van der Waals surface area contributed by atoms with Gasteiger partial charge < -0.3 is 0 Å². The molecule has 0 amide bonds. The molecule has 0 fully saturated rings. The van der Waals surface area contributed by atoms with Crippen molar-refractivity contribution in [3.63, 3.8) is 0 Å². The van der Waals surface area contributed by atoms with Crippen LogP contribution in [0.5, 0.6) is 0 Å². The Bertz CT molecular complexity index is 1010. The summed E-state index contributed by atoms with van der Waals surface area (Å²) < 4.78 is 0. The first kappa shape index (κ1) is 17.5. The topological polar surface area (TPSA) is 8.72 Å². The largest absolute Gasteiger partial charge is 0.237 e. The highest BCUT2D eigenvalue weighted by molar-refractivity contribution is 5.87. The number of rotatable bonds is 2. The van der Waals surface area contributed by atoms with Crippen molar-refractivity contribution in [2.24, 2.45) is 0 Å². The van der Waals surface area contributed by atoms with Crippen LogP contribution >= 0.6 is 0 Å². The predicted octanol–water partition coefficient (Wildman–Crippen LogP) is 7.36. The maximum absolute atomic E-state index is 7.57. The molecule has 0 aromatic heterocycles. The van der Waals surface area contributed by atoms with E-state index in [1.807, 2.05) is 44.2 Å². The average molecular weight is 336 g/mol. The standard InChI is InChI=1S/C24H20N2/c1-15-10-17(3)23(25-5)21(12-15)19-8-7-9-20(14-19)22-13-16(2)11-18(4)24(22)26-6/h7-14H,1-4H3. The second-order valence-corrected chi connectivity index (χ2v) is 6.76. The molecule has 0 unspecified atom stereocenters. The summed E-state index contributed by atoms with van der Waals surface area (Å²) in [6.07, 6.45) is 0. The predicted molar refractivity (Wildman–Crippen MR) is 109 cm³/mol. The molecule has 3 aromatic rings. The van der Waals surface area contributed by atoms with Crippen LogP contribution in [0.1, 0.15) is 22.3 Å². The monoisotopic (exact) mass is 336 g/mol. The van der Waals surface area contributed by atoms with Crippen LogP contribution < -0.4 is 0 Å². The van der Waals surface area contributed by atoms with E-state index < -0.39 is 0 Å². The van der Waals surface area contributed by atoms with Gasteiger partial charge in [0.05, 0.1) is 13.1 Å². The van der Waals surface area contributed by atoms with E-state index in [1.165, 1.54) is 0 Å². The SMILES string of the molecule is [C-]#[N+]c1c(C)cc(C)cc1-c1cccc(-c2cc(C)cc(C)c2[N+]#[C-])c1. The maximum atomic E-state index is 7.57. The van der Waals surface area contributed by atoms with Crippen molar-refractivity contribution in [1.29, 1.82) is 0 Å². The first-order valence-corrected chi connectivity index (χ1v) is 8.53. The van der Waals surface area contributed by atoms with Gasteiger partial charge in [0.25, 0.3) is 0 Å². The fourth-order valence-electron chi connectivity index (χ4n) is 3.51. The zero-order valence-corrected chi connectivity index (χ0v) is 15.5. The van der Waals surface area contributed by atoms with Crippen LogP contribution in [0.4, 0.5) is 11.4 Å². The van der Waals surface area contributed by atoms with Crippen LogP contribution in [0, 0.1) is 40.8 Å². The molecule has 0 radical (unpaired) electrons. The lowest BCUT2D eigenvalue weighted by atomic mass is 9.93. The Hall–Kier alpha value is -3.36. The second kappa shape index (κ2) is 6.87. The maximum Gasteiger partial charge on any atom is 0.197 e. The van der Waals surface area contributed by atoms with Gasteiger partial charge in [0.15, 0.2) is 11.4 Å². The highest BCUT2D eigenvalue weighted by Crippen LogP contribution is 2.39. The minimum absolute atomic E-state index is 0.693. The summed E-state index contributed by atoms with van der Waals surface area (Å²) >= 11 is 0. The highest BCUT2D eigenvalue weighted by atomic mass is 14.7. The van der Waals surface area contributed by atoms with E-state index in [9.17, 15) is 0 Å². The Morgan fingerprint density at radius 3 is 1.42 bits per heavy atom. The van der Waals surface area contributed by atoms with Crippen molar-refractivity contribution in [2.75, 3.05) is 0 Å². The van der Waals surface area contributed by atoms with Gasteiger partial charge in [-0.15, -0.1) is 0 Å². The lowest BCUT2D eigenvalue weighted by Gasteiger charge is -2.13. The molecule has 0 atom stereocenters. The Kier molecular flexibility index (Phi) is 4.61. The summed E-state index contributed by atoms with van der Waals surface area (Å²) in [6.45, 7) is 23.2. The van der Waals surface area contributed by atoms with Gasteiger partial charge in [0.1, 0.15) is 0 Å². The molecule has 0 N–H and O–H groups in total. The fraction of sp³-hybridized carbons (Fsp3) is 0.167. The van der Waals surface area contributed by atoms with Crippen LogP contribution in [0.25, 0.3) is 31.9 Å². The molecule has 2 heteroatoms. The Morgan fingerprint density at radius 1 is 0.615 bits per heavy atom. The molecule has 3 rings (SSSR count). The van der Waals surface area contributed by atoms with Crippen LogP contribution in [0.15, 0.2) is 48.5 Å². The summed E-state index contributed by atoms with van der Waals surface area (Å²) in [5.41, 5.74) is 9.58. The van der Waals surface area contributed by atoms with Crippen molar-refractivity contribution in [3.05, 3.63) is 93.6 Å². The quantitative estimate of drug-likeness (QED) is 0.432. The first-order chi connectivity index (χ1) is 12.4. The van der Waals surface area contributed by atoms with Crippen LogP contribution in [0.3, 0.4) is 0 Å². The van der Waals surface area contributed by atoms with E-state index in [4.69, 9.17) is 13.1 Å². The van der Waals surface area contributed by atoms with E-state index in [0.717, 1.165) is 44.5 Å². The normalized spacial score (nSPS) is 10.2. The molecular weight excluding hydrogens is 316 g/mol. The zero-order valence-electron chi connectivity index (χ0n) is 15.5. The Morgan fingerprint density at radius 2 is 1.04 bits per heavy atom. The molecule has 0 aliphatic heterocycles. The van der Waals surface area contributed by atoms with E-state index in [0.29, 0.717) is 11.4 Å². The average Bonchev–Trinajstić information content (AvgIpc) is 2.60. The first-order valence-electron chi connectivity index (χ1n) is 8.53. The van der Waals surface area contributed by atoms with Gasteiger partial charge in [0.2, 0.25) is 0 Å². The van der Waals surface area contributed by atoms with Gasteiger partial charge in [-0.2, -0.15) is 0 Å². The van der Waals surface area contributed by atoms with Gasteiger partial charge in [-0.25, -0.2) is 9.69 Å². The molecule has 2 nitrogen and oxygen atoms in total. The molecule has 0 aliphatic carbocycles. The minimum Gasteiger partial charge on any atom is -0.237 e. The number of hydrogen-bond donors (Lipinski definition) is 0. The van der Waals surface area contributed by atoms with Crippen molar-refractivity contribution in [3.8, 4) is 22.3 Å². The third-order valence-corrected chi connectivity index (χ3v) is 4.60. The van der Waals surface area contributed by atoms with Gasteiger partial charge in [0, 0.05) is 0 Å². The van der Waals surface area contributed by atoms with Gasteiger partial charge in [-0.05, 0) is 67.1 Å². The Balaban J connectivity index is 2.25. The number of hydrogen-bond acceptors (Lipinski definition) is 0. The van der Waals surface area contributed by atoms with Crippen molar-refractivity contribution in [1.82, 2.24) is 0 Å². The number of aryl methyl sites for hydroxylation is 4. The smallest absolute Gasteiger partial charge is 0.197 e. The molecule has 0 heterocycles. The van der Waals surface area contributed by atoms with E-state index >= 15 is 0 Å². The second-order valence-electron chi connectivity index (χ2n) is 6.76. The number of nitrogens with zero attached hydrogens (tertiary/aromatic N) is 2. The third kappa shape index (κ3) is 3.10. The summed E-state index contributed by atoms with van der Waals surface area (Å²) in [5.74, 6) is 0. The van der Waals surface area contributed by atoms with Crippen molar-refractivity contribution >= 4 is 11.4 Å². The minimum atomic E-state index is 0.693. The van der Waals surface area contributed by atoms with Gasteiger partial charge >= 0.3 is 0 Å². The van der Waals surface area contributed by atoms with Crippen molar-refractivity contribution < 1.29 is 0 Å². The summed E-state index contributed by atoms with van der Waals surface area (Å²) in [6, 6.07) is 16.4. The number of benzene rings is 3. The lowest BCUT2D eigenvalue weighted by Crippen LogP contribution is -1.88. The molecule has 0 spiro atoms. The Labute approximate surface area is 155 Å². The molecule has 0 saturated carbocycles. The molecular formula is C24H20N2. The van der Waals surface area contributed by atoms with Crippen LogP contribution in [-0.4, -0.2) is 0 Å². The summed E-state index contributed by atoms with van der Waals surface area (Å²) in [5, 5.41) is 0. The van der Waals surface area contributed by atoms with Gasteiger partial charge in [-0.3, -0.25) is 0 Å². The zero-order chi connectivity index (χ0) is 18.8. The van der Waals surface area contributed by atoms with Crippen LogP contribution in [-0.2, 0) is 0 Å². The molecule has 0 bridgehead atoms. The summed E-state index contributed by atoms with van der Waals surface area (Å²) in [4.78, 5) is 7.51. The van der Waals surface area contributed by atoms with Gasteiger partial charge in [-0.1, -0.05) is 53.6 Å². The molecule has 0 saturated heterocycles. The lowest BCUT2D eigenvalue weighted by molar-refractivity contribution is 1.39. The van der Waals surface area contributed by atoms with E-state index in [-0.39, 0.29) is 0 Å². The fourth-order valence-corrected chi connectivity index (χ4v) is 3.51. The molecule has 3 aromatic carbocycles. The third-order valence-electron chi connectivity index (χ3n) is 4.60. The molecule has 0 aliphatic rings. The van der Waals surface area contributed by atoms with Crippen molar-refractivity contribution in [2.45, 2.75) is 27.7 Å². The highest BCUT2D eigenvalue weighted by Gasteiger charge is 2.13. The van der Waals surface area contributed by atoms with E-state index in [2.05, 4.69) is 41.7 Å². The summed E-state index contributed by atoms with van der Waals surface area (Å²) in [7, 11) is 0.